The molecular formula is C18H21NO10. The van der Waals surface area contributed by atoms with Crippen LogP contribution in [0.15, 0.2) is 6.07 Å². The molecule has 0 aromatic heterocycles. The van der Waals surface area contributed by atoms with E-state index >= 15 is 0 Å². The Labute approximate surface area is 164 Å². The highest BCUT2D eigenvalue weighted by molar-refractivity contribution is 6.01. The zero-order valence-electron chi connectivity index (χ0n) is 15.3. The molecule has 0 bridgehead atoms. The van der Waals surface area contributed by atoms with Gasteiger partial charge in [0, 0.05) is 5.92 Å². The van der Waals surface area contributed by atoms with Gasteiger partial charge in [0.1, 0.15) is 24.4 Å². The number of benzene rings is 1. The van der Waals surface area contributed by atoms with Crippen molar-refractivity contribution in [3.63, 3.8) is 0 Å². The molecule has 11 heteroatoms. The van der Waals surface area contributed by atoms with Crippen molar-refractivity contribution in [1.29, 1.82) is 0 Å². The fraction of sp³-hybridized carbons (Fsp3) is 0.556. The van der Waals surface area contributed by atoms with E-state index in [1.807, 2.05) is 0 Å². The number of phenolic OH excluding ortho intramolecular Hbond substituents is 1. The van der Waals surface area contributed by atoms with Crippen molar-refractivity contribution in [3.8, 4) is 17.2 Å². The maximum atomic E-state index is 12.6. The van der Waals surface area contributed by atoms with Crippen LogP contribution in [0.4, 0.5) is 0 Å². The first-order valence-corrected chi connectivity index (χ1v) is 9.08. The first-order chi connectivity index (χ1) is 13.7. The summed E-state index contributed by atoms with van der Waals surface area (Å²) in [4.78, 5) is 24.7. The Hall–Kier alpha value is -2.60. The third-order valence-corrected chi connectivity index (χ3v) is 5.43. The Morgan fingerprint density at radius 3 is 2.69 bits per heavy atom. The van der Waals surface area contributed by atoms with Gasteiger partial charge in [0.25, 0.3) is 5.91 Å². The SMILES string of the molecule is CC(O)CC(=O)OC1C(O)C(O)C(O)C2NC(=O)c3c(cc4c(c3O)OCO4)C21. The van der Waals surface area contributed by atoms with Crippen LogP contribution in [0, 0.1) is 0 Å². The molecule has 1 aromatic rings. The molecule has 11 nitrogen and oxygen atoms in total. The van der Waals surface area contributed by atoms with E-state index in [0.29, 0.717) is 0 Å². The van der Waals surface area contributed by atoms with Crippen LogP contribution in [-0.4, -0.2) is 80.8 Å². The highest BCUT2D eigenvalue weighted by Gasteiger charge is 2.55. The second-order valence-corrected chi connectivity index (χ2v) is 7.43. The smallest absolute Gasteiger partial charge is 0.308 e. The molecule has 2 aliphatic heterocycles. The Morgan fingerprint density at radius 2 is 2.00 bits per heavy atom. The van der Waals surface area contributed by atoms with E-state index in [2.05, 4.69) is 5.32 Å². The normalized spacial score (nSPS) is 33.3. The number of hydrogen-bond acceptors (Lipinski definition) is 10. The van der Waals surface area contributed by atoms with Gasteiger partial charge in [-0.2, -0.15) is 0 Å². The highest BCUT2D eigenvalue weighted by Crippen LogP contribution is 2.50. The lowest BCUT2D eigenvalue weighted by Crippen LogP contribution is -2.67. The van der Waals surface area contributed by atoms with Gasteiger partial charge >= 0.3 is 5.97 Å². The van der Waals surface area contributed by atoms with E-state index in [-0.39, 0.29) is 35.8 Å². The van der Waals surface area contributed by atoms with Gasteiger partial charge in [-0.05, 0) is 18.6 Å². The number of hydrogen-bond donors (Lipinski definition) is 6. The summed E-state index contributed by atoms with van der Waals surface area (Å²) >= 11 is 0. The molecule has 7 unspecified atom stereocenters. The average molecular weight is 411 g/mol. The molecule has 158 valence electrons. The Bertz CT molecular complexity index is 856. The largest absolute Gasteiger partial charge is 0.504 e. The second kappa shape index (κ2) is 7.02. The minimum Gasteiger partial charge on any atom is -0.504 e. The van der Waals surface area contributed by atoms with E-state index in [1.165, 1.54) is 13.0 Å². The number of carbonyl (C=O) groups is 2. The van der Waals surface area contributed by atoms with E-state index in [0.717, 1.165) is 0 Å². The first kappa shape index (κ1) is 19.7. The van der Waals surface area contributed by atoms with Crippen molar-refractivity contribution < 1.29 is 49.3 Å². The number of rotatable bonds is 3. The number of aromatic hydroxyl groups is 1. The Morgan fingerprint density at radius 1 is 1.28 bits per heavy atom. The van der Waals surface area contributed by atoms with E-state index in [4.69, 9.17) is 14.2 Å². The number of esters is 1. The summed E-state index contributed by atoms with van der Waals surface area (Å²) in [5, 5.41) is 53.5. The lowest BCUT2D eigenvalue weighted by molar-refractivity contribution is -0.187. The van der Waals surface area contributed by atoms with Crippen LogP contribution in [0.3, 0.4) is 0 Å². The molecule has 0 spiro atoms. The molecule has 4 rings (SSSR count). The number of aliphatic hydroxyl groups is 4. The van der Waals surface area contributed by atoms with Gasteiger partial charge in [0.15, 0.2) is 11.5 Å². The molecule has 2 heterocycles. The van der Waals surface area contributed by atoms with Crippen LogP contribution in [0.1, 0.15) is 35.2 Å². The first-order valence-electron chi connectivity index (χ1n) is 9.08. The zero-order valence-corrected chi connectivity index (χ0v) is 15.3. The maximum absolute atomic E-state index is 12.6. The van der Waals surface area contributed by atoms with E-state index in [9.17, 15) is 35.1 Å². The summed E-state index contributed by atoms with van der Waals surface area (Å²) in [6, 6.07) is 0.304. The average Bonchev–Trinajstić information content (AvgIpc) is 3.12. The van der Waals surface area contributed by atoms with Crippen LogP contribution in [-0.2, 0) is 9.53 Å². The summed E-state index contributed by atoms with van der Waals surface area (Å²) < 4.78 is 15.8. The molecule has 0 saturated heterocycles. The summed E-state index contributed by atoms with van der Waals surface area (Å²) in [5.41, 5.74) is 0.00297. The van der Waals surface area contributed by atoms with Crippen molar-refractivity contribution in [2.75, 3.05) is 6.79 Å². The second-order valence-electron chi connectivity index (χ2n) is 7.43. The van der Waals surface area contributed by atoms with Gasteiger partial charge in [-0.1, -0.05) is 0 Å². The topological polar surface area (TPSA) is 175 Å². The van der Waals surface area contributed by atoms with Gasteiger partial charge in [0.2, 0.25) is 12.5 Å². The standard InChI is InChI=1S/C18H21NO10/c1-5(20)2-8(21)29-17-9-6-3-7-16(28-4-27-7)12(22)10(6)18(26)19-11(9)13(23)14(24)15(17)25/h3,5,9,11,13-15,17,20,22-25H,2,4H2,1H3,(H,19,26). The molecule has 7 atom stereocenters. The van der Waals surface area contributed by atoms with Gasteiger partial charge in [-0.25, -0.2) is 0 Å². The highest BCUT2D eigenvalue weighted by atomic mass is 16.7. The minimum atomic E-state index is -1.70. The molecule has 1 saturated carbocycles. The molecular weight excluding hydrogens is 390 g/mol. The molecule has 6 N–H and O–H groups in total. The summed E-state index contributed by atoms with van der Waals surface area (Å²) in [6.45, 7) is 1.22. The fourth-order valence-corrected chi connectivity index (χ4v) is 4.14. The molecule has 0 radical (unpaired) electrons. The monoisotopic (exact) mass is 411 g/mol. The zero-order chi connectivity index (χ0) is 21.0. The van der Waals surface area contributed by atoms with Crippen molar-refractivity contribution in [1.82, 2.24) is 5.32 Å². The summed E-state index contributed by atoms with van der Waals surface area (Å²) in [6.07, 6.45) is -7.67. The third-order valence-electron chi connectivity index (χ3n) is 5.43. The molecule has 1 aromatic carbocycles. The number of phenols is 1. The van der Waals surface area contributed by atoms with Crippen molar-refractivity contribution in [2.45, 2.75) is 55.8 Å². The van der Waals surface area contributed by atoms with Crippen LogP contribution >= 0.6 is 0 Å². The Balaban J connectivity index is 1.81. The van der Waals surface area contributed by atoms with Gasteiger partial charge in [-0.15, -0.1) is 0 Å². The number of fused-ring (bicyclic) bond motifs is 4. The lowest BCUT2D eigenvalue weighted by atomic mass is 9.70. The van der Waals surface area contributed by atoms with Crippen LogP contribution < -0.4 is 14.8 Å². The summed E-state index contributed by atoms with van der Waals surface area (Å²) in [7, 11) is 0. The summed E-state index contributed by atoms with van der Waals surface area (Å²) in [5.74, 6) is -2.91. The van der Waals surface area contributed by atoms with Gasteiger partial charge in [-0.3, -0.25) is 9.59 Å². The molecule has 3 aliphatic rings. The number of carbonyl (C=O) groups excluding carboxylic acids is 2. The number of amides is 1. The van der Waals surface area contributed by atoms with Crippen molar-refractivity contribution in [3.05, 3.63) is 17.2 Å². The predicted molar refractivity (Wildman–Crippen MR) is 92.4 cm³/mol. The van der Waals surface area contributed by atoms with Crippen LogP contribution in [0.25, 0.3) is 0 Å². The van der Waals surface area contributed by atoms with E-state index < -0.39 is 60.1 Å². The minimum absolute atomic E-state index is 0.0167. The molecule has 1 aliphatic carbocycles. The number of ether oxygens (including phenoxy) is 3. The van der Waals surface area contributed by atoms with Gasteiger partial charge in [0.05, 0.1) is 24.1 Å². The predicted octanol–water partition coefficient (Wildman–Crippen LogP) is -1.90. The molecule has 29 heavy (non-hydrogen) atoms. The third kappa shape index (κ3) is 3.06. The van der Waals surface area contributed by atoms with E-state index in [1.54, 1.807) is 0 Å². The fourth-order valence-electron chi connectivity index (χ4n) is 4.14. The Kier molecular flexibility index (Phi) is 4.77. The van der Waals surface area contributed by atoms with Crippen molar-refractivity contribution >= 4 is 11.9 Å². The molecule has 1 amide bonds. The number of nitrogens with one attached hydrogen (secondary N) is 1. The lowest BCUT2D eigenvalue weighted by Gasteiger charge is -2.48. The van der Waals surface area contributed by atoms with Gasteiger partial charge < -0.3 is 45.1 Å². The van der Waals surface area contributed by atoms with Crippen LogP contribution in [0.2, 0.25) is 0 Å². The molecule has 1 fully saturated rings. The van der Waals surface area contributed by atoms with Crippen LogP contribution in [0.5, 0.6) is 17.2 Å². The van der Waals surface area contributed by atoms with Crippen molar-refractivity contribution in [2.24, 2.45) is 0 Å². The number of aliphatic hydroxyl groups excluding tert-OH is 4. The quantitative estimate of drug-likeness (QED) is 0.308. The maximum Gasteiger partial charge on any atom is 0.308 e.